The number of aryl methyl sites for hydroxylation is 1. The van der Waals surface area contributed by atoms with Crippen LogP contribution in [0.3, 0.4) is 0 Å². The third kappa shape index (κ3) is 4.17. The van der Waals surface area contributed by atoms with Crippen molar-refractivity contribution < 1.29 is 22.4 Å². The van der Waals surface area contributed by atoms with E-state index in [-0.39, 0.29) is 28.8 Å². The standard InChI is InChI=1S/C19H18N2O5S/c1-3-25-19(22)17-12-26-18(20-17)15-6-4-5-7-16(15)21-27(23,24)14-10-8-13(2)9-11-14/h4-12,21H,3H2,1-2H3. The van der Waals surface area contributed by atoms with Crippen LogP contribution in [0.4, 0.5) is 5.69 Å². The zero-order valence-electron chi connectivity index (χ0n) is 14.8. The van der Waals surface area contributed by atoms with Gasteiger partial charge in [0.25, 0.3) is 10.0 Å². The Morgan fingerprint density at radius 1 is 1.15 bits per heavy atom. The van der Waals surface area contributed by atoms with Gasteiger partial charge in [0, 0.05) is 0 Å². The number of anilines is 1. The average Bonchev–Trinajstić information content (AvgIpc) is 3.12. The molecule has 0 saturated heterocycles. The van der Waals surface area contributed by atoms with E-state index in [4.69, 9.17) is 9.15 Å². The Morgan fingerprint density at radius 3 is 2.56 bits per heavy atom. The molecule has 0 bridgehead atoms. The lowest BCUT2D eigenvalue weighted by atomic mass is 10.2. The molecular formula is C19H18N2O5S. The van der Waals surface area contributed by atoms with Crippen LogP contribution in [0.1, 0.15) is 23.0 Å². The van der Waals surface area contributed by atoms with E-state index in [9.17, 15) is 13.2 Å². The Morgan fingerprint density at radius 2 is 1.85 bits per heavy atom. The predicted molar refractivity (Wildman–Crippen MR) is 99.9 cm³/mol. The van der Waals surface area contributed by atoms with Gasteiger partial charge in [0.1, 0.15) is 6.26 Å². The third-order valence-electron chi connectivity index (χ3n) is 3.72. The highest BCUT2D eigenvalue weighted by Crippen LogP contribution is 2.29. The van der Waals surface area contributed by atoms with E-state index >= 15 is 0 Å². The van der Waals surface area contributed by atoms with E-state index in [1.165, 1.54) is 18.4 Å². The number of ether oxygens (including phenoxy) is 1. The molecule has 0 unspecified atom stereocenters. The summed E-state index contributed by atoms with van der Waals surface area (Å²) in [6.45, 7) is 3.78. The molecule has 0 aliphatic carbocycles. The van der Waals surface area contributed by atoms with Crippen molar-refractivity contribution in [2.75, 3.05) is 11.3 Å². The first-order chi connectivity index (χ1) is 12.9. The Labute approximate surface area is 157 Å². The number of para-hydroxylation sites is 1. The lowest BCUT2D eigenvalue weighted by Crippen LogP contribution is -2.13. The molecule has 0 amide bonds. The van der Waals surface area contributed by atoms with Gasteiger partial charge in [-0.15, -0.1) is 0 Å². The number of sulfonamides is 1. The second kappa shape index (κ2) is 7.63. The highest BCUT2D eigenvalue weighted by molar-refractivity contribution is 7.92. The Kier molecular flexibility index (Phi) is 5.27. The molecule has 0 spiro atoms. The van der Waals surface area contributed by atoms with Crippen molar-refractivity contribution in [3.63, 3.8) is 0 Å². The number of carbonyl (C=O) groups excluding carboxylic acids is 1. The summed E-state index contributed by atoms with van der Waals surface area (Å²) in [5, 5.41) is 0. The van der Waals surface area contributed by atoms with Gasteiger partial charge in [0.2, 0.25) is 5.89 Å². The van der Waals surface area contributed by atoms with Crippen LogP contribution in [-0.2, 0) is 14.8 Å². The van der Waals surface area contributed by atoms with Crippen LogP contribution in [0.25, 0.3) is 11.5 Å². The summed E-state index contributed by atoms with van der Waals surface area (Å²) in [7, 11) is -3.79. The molecule has 1 aromatic heterocycles. The number of esters is 1. The van der Waals surface area contributed by atoms with E-state index in [1.54, 1.807) is 43.3 Å². The van der Waals surface area contributed by atoms with Crippen molar-refractivity contribution in [3.05, 3.63) is 66.1 Å². The predicted octanol–water partition coefficient (Wildman–Crippen LogP) is 3.63. The van der Waals surface area contributed by atoms with Gasteiger partial charge in [-0.1, -0.05) is 29.8 Å². The molecule has 3 rings (SSSR count). The van der Waals surface area contributed by atoms with E-state index < -0.39 is 16.0 Å². The minimum absolute atomic E-state index is 0.0167. The minimum Gasteiger partial charge on any atom is -0.461 e. The zero-order valence-corrected chi connectivity index (χ0v) is 15.6. The summed E-state index contributed by atoms with van der Waals surface area (Å²) >= 11 is 0. The molecule has 0 atom stereocenters. The first-order valence-electron chi connectivity index (χ1n) is 8.22. The van der Waals surface area contributed by atoms with Crippen molar-refractivity contribution in [2.24, 2.45) is 0 Å². The van der Waals surface area contributed by atoms with Crippen LogP contribution in [0.2, 0.25) is 0 Å². The average molecular weight is 386 g/mol. The van der Waals surface area contributed by atoms with Gasteiger partial charge < -0.3 is 9.15 Å². The highest BCUT2D eigenvalue weighted by atomic mass is 32.2. The fourth-order valence-electron chi connectivity index (χ4n) is 2.38. The maximum absolute atomic E-state index is 12.7. The Hall–Kier alpha value is -3.13. The summed E-state index contributed by atoms with van der Waals surface area (Å²) in [5.41, 5.74) is 1.67. The molecule has 0 aliphatic rings. The van der Waals surface area contributed by atoms with Crippen molar-refractivity contribution in [3.8, 4) is 11.5 Å². The first-order valence-corrected chi connectivity index (χ1v) is 9.70. The summed E-state index contributed by atoms with van der Waals surface area (Å²) in [4.78, 5) is 16.0. The molecule has 8 heteroatoms. The fourth-order valence-corrected chi connectivity index (χ4v) is 3.46. The Bertz CT molecular complexity index is 1060. The minimum atomic E-state index is -3.79. The summed E-state index contributed by atoms with van der Waals surface area (Å²) < 4.78 is 38.1. The largest absolute Gasteiger partial charge is 0.461 e. The van der Waals surface area contributed by atoms with E-state index in [2.05, 4.69) is 9.71 Å². The molecular weight excluding hydrogens is 368 g/mol. The third-order valence-corrected chi connectivity index (χ3v) is 5.10. The zero-order chi connectivity index (χ0) is 19.4. The van der Waals surface area contributed by atoms with Crippen molar-refractivity contribution >= 4 is 21.7 Å². The lowest BCUT2D eigenvalue weighted by molar-refractivity contribution is 0.0519. The molecule has 0 aliphatic heterocycles. The molecule has 140 valence electrons. The smallest absolute Gasteiger partial charge is 0.360 e. The SMILES string of the molecule is CCOC(=O)c1coc(-c2ccccc2NS(=O)(=O)c2ccc(C)cc2)n1. The maximum atomic E-state index is 12.7. The van der Waals surface area contributed by atoms with Gasteiger partial charge >= 0.3 is 5.97 Å². The molecule has 3 aromatic rings. The van der Waals surface area contributed by atoms with Gasteiger partial charge in [-0.25, -0.2) is 18.2 Å². The number of carbonyl (C=O) groups is 1. The fraction of sp³-hybridized carbons (Fsp3) is 0.158. The van der Waals surface area contributed by atoms with Crippen LogP contribution in [0.5, 0.6) is 0 Å². The lowest BCUT2D eigenvalue weighted by Gasteiger charge is -2.11. The molecule has 7 nitrogen and oxygen atoms in total. The number of nitrogens with zero attached hydrogens (tertiary/aromatic N) is 1. The topological polar surface area (TPSA) is 98.5 Å². The van der Waals surface area contributed by atoms with Gasteiger partial charge in [0.05, 0.1) is 22.8 Å². The summed E-state index contributed by atoms with van der Waals surface area (Å²) in [5.74, 6) is -0.495. The molecule has 1 heterocycles. The van der Waals surface area contributed by atoms with Gasteiger partial charge in [0.15, 0.2) is 5.69 Å². The highest BCUT2D eigenvalue weighted by Gasteiger charge is 2.20. The van der Waals surface area contributed by atoms with Crippen molar-refractivity contribution in [1.29, 1.82) is 0 Å². The quantitative estimate of drug-likeness (QED) is 0.650. The van der Waals surface area contributed by atoms with Crippen molar-refractivity contribution in [1.82, 2.24) is 4.98 Å². The van der Waals surface area contributed by atoms with Gasteiger partial charge in [-0.05, 0) is 38.1 Å². The second-order valence-corrected chi connectivity index (χ2v) is 7.40. The molecule has 0 fully saturated rings. The molecule has 0 saturated carbocycles. The van der Waals surface area contributed by atoms with Crippen LogP contribution in [0.15, 0.2) is 64.1 Å². The van der Waals surface area contributed by atoms with E-state index in [0.29, 0.717) is 5.56 Å². The van der Waals surface area contributed by atoms with E-state index in [0.717, 1.165) is 5.56 Å². The number of rotatable bonds is 6. The van der Waals surface area contributed by atoms with Crippen LogP contribution in [0, 0.1) is 6.92 Å². The van der Waals surface area contributed by atoms with Crippen LogP contribution in [-0.4, -0.2) is 26.0 Å². The number of benzene rings is 2. The van der Waals surface area contributed by atoms with Gasteiger partial charge in [-0.2, -0.15) is 0 Å². The number of nitrogens with one attached hydrogen (secondary N) is 1. The monoisotopic (exact) mass is 386 g/mol. The first kappa shape index (κ1) is 18.7. The summed E-state index contributed by atoms with van der Waals surface area (Å²) in [6, 6.07) is 13.1. The number of aromatic nitrogens is 1. The number of hydrogen-bond acceptors (Lipinski definition) is 6. The Balaban J connectivity index is 1.93. The second-order valence-electron chi connectivity index (χ2n) is 5.72. The van der Waals surface area contributed by atoms with E-state index in [1.807, 2.05) is 6.92 Å². The number of hydrogen-bond donors (Lipinski definition) is 1. The van der Waals surface area contributed by atoms with Crippen molar-refractivity contribution in [2.45, 2.75) is 18.7 Å². The van der Waals surface area contributed by atoms with Gasteiger partial charge in [-0.3, -0.25) is 4.72 Å². The molecule has 2 aromatic carbocycles. The molecule has 1 N–H and O–H groups in total. The number of oxazole rings is 1. The summed E-state index contributed by atoms with van der Waals surface area (Å²) in [6.07, 6.45) is 1.18. The molecule has 0 radical (unpaired) electrons. The van der Waals surface area contributed by atoms with Crippen LogP contribution >= 0.6 is 0 Å². The maximum Gasteiger partial charge on any atom is 0.360 e. The van der Waals surface area contributed by atoms with Crippen LogP contribution < -0.4 is 4.72 Å². The molecule has 27 heavy (non-hydrogen) atoms. The normalized spacial score (nSPS) is 11.2.